The maximum Gasteiger partial charge on any atom is 0.300 e. The van der Waals surface area contributed by atoms with Gasteiger partial charge in [0.2, 0.25) is 17.4 Å². The van der Waals surface area contributed by atoms with Gasteiger partial charge in [0.25, 0.3) is 0 Å². The molecule has 0 radical (unpaired) electrons. The first-order chi connectivity index (χ1) is 24.6. The molecule has 9 aliphatic rings. The van der Waals surface area contributed by atoms with Gasteiger partial charge in [-0.2, -0.15) is 17.2 Å². The number of fused-ring (bicyclic) bond motifs is 15. The van der Waals surface area contributed by atoms with Crippen LogP contribution in [0.3, 0.4) is 0 Å². The van der Waals surface area contributed by atoms with Gasteiger partial charge in [-0.1, -0.05) is 31.4 Å². The molecular formula is C42H48F4O4S. The zero-order valence-corrected chi connectivity index (χ0v) is 29.8. The summed E-state index contributed by atoms with van der Waals surface area (Å²) in [6.07, 6.45) is 18.1. The topological polar surface area (TPSA) is 63.6 Å². The van der Waals surface area contributed by atoms with Gasteiger partial charge in [0, 0.05) is 0 Å². The summed E-state index contributed by atoms with van der Waals surface area (Å²) in [4.78, 5) is -2.03. The second-order valence-corrected chi connectivity index (χ2v) is 20.2. The minimum absolute atomic E-state index is 0.136. The van der Waals surface area contributed by atoms with E-state index in [0.717, 1.165) is 66.4 Å². The van der Waals surface area contributed by atoms with E-state index in [0.29, 0.717) is 53.1 Å². The highest BCUT2D eigenvalue weighted by Crippen LogP contribution is 2.69. The second kappa shape index (κ2) is 11.2. The van der Waals surface area contributed by atoms with E-state index in [1.54, 1.807) is 0 Å². The quantitative estimate of drug-likeness (QED) is 0.183. The van der Waals surface area contributed by atoms with Gasteiger partial charge in [0.15, 0.2) is 16.5 Å². The lowest BCUT2D eigenvalue weighted by Gasteiger charge is -2.38. The molecule has 4 nitrogen and oxygen atoms in total. The van der Waals surface area contributed by atoms with Gasteiger partial charge in [0.1, 0.15) is 5.75 Å². The van der Waals surface area contributed by atoms with E-state index in [1.807, 2.05) is 0 Å². The van der Waals surface area contributed by atoms with E-state index in [2.05, 4.69) is 12.1 Å². The molecule has 51 heavy (non-hydrogen) atoms. The van der Waals surface area contributed by atoms with E-state index in [4.69, 9.17) is 4.74 Å². The summed E-state index contributed by atoms with van der Waals surface area (Å²) >= 11 is 0. The largest absolute Gasteiger partial charge is 0.450 e. The fourth-order valence-electron chi connectivity index (χ4n) is 15.9. The van der Waals surface area contributed by atoms with Crippen LogP contribution in [0.4, 0.5) is 17.6 Å². The van der Waals surface area contributed by atoms with E-state index < -0.39 is 44.0 Å². The third-order valence-electron chi connectivity index (χ3n) is 17.3. The number of hydrogen-bond donors (Lipinski definition) is 1. The average molecular weight is 725 g/mol. The second-order valence-electron chi connectivity index (χ2n) is 18.8. The highest BCUT2D eigenvalue weighted by Gasteiger charge is 2.58. The molecule has 2 aromatic carbocycles. The maximum absolute atomic E-state index is 15.9. The van der Waals surface area contributed by atoms with Gasteiger partial charge in [-0.25, -0.2) is 8.78 Å². The maximum atomic E-state index is 15.9. The van der Waals surface area contributed by atoms with Crippen LogP contribution in [0.25, 0.3) is 0 Å². The Bertz CT molecular complexity index is 1840. The predicted molar refractivity (Wildman–Crippen MR) is 182 cm³/mol. The molecule has 1 N–H and O–H groups in total. The van der Waals surface area contributed by atoms with Gasteiger partial charge >= 0.3 is 10.1 Å². The van der Waals surface area contributed by atoms with Crippen molar-refractivity contribution in [2.45, 2.75) is 119 Å². The molecule has 274 valence electrons. The van der Waals surface area contributed by atoms with Crippen LogP contribution in [-0.4, -0.2) is 13.0 Å². The molecule has 9 heteroatoms. The molecule has 9 saturated carbocycles. The van der Waals surface area contributed by atoms with Crippen LogP contribution in [0.15, 0.2) is 17.0 Å². The number of hydrogen-bond acceptors (Lipinski definition) is 3. The Morgan fingerprint density at radius 2 is 0.902 bits per heavy atom. The molecule has 0 aromatic heterocycles. The smallest absolute Gasteiger partial charge is 0.300 e. The van der Waals surface area contributed by atoms with Crippen molar-refractivity contribution in [3.8, 4) is 11.5 Å². The lowest BCUT2D eigenvalue weighted by atomic mass is 9.68. The molecule has 9 fully saturated rings. The van der Waals surface area contributed by atoms with Crippen LogP contribution in [0.1, 0.15) is 131 Å². The summed E-state index contributed by atoms with van der Waals surface area (Å²) in [6, 6.07) is 4.59. The molecule has 15 unspecified atom stereocenters. The first-order valence-electron chi connectivity index (χ1n) is 20.3. The van der Waals surface area contributed by atoms with Crippen molar-refractivity contribution < 1.29 is 35.3 Å². The highest BCUT2D eigenvalue weighted by molar-refractivity contribution is 7.85. The Kier molecular flexibility index (Phi) is 7.10. The molecule has 15 atom stereocenters. The van der Waals surface area contributed by atoms with Gasteiger partial charge in [-0.3, -0.25) is 4.55 Å². The molecule has 0 saturated heterocycles. The monoisotopic (exact) mass is 724 g/mol. The number of halogens is 4. The van der Waals surface area contributed by atoms with Gasteiger partial charge < -0.3 is 4.74 Å². The normalized spacial score (nSPS) is 44.1. The Morgan fingerprint density at radius 1 is 0.510 bits per heavy atom. The van der Waals surface area contributed by atoms with E-state index in [9.17, 15) is 13.0 Å². The van der Waals surface area contributed by atoms with Crippen LogP contribution in [0, 0.1) is 94.3 Å². The van der Waals surface area contributed by atoms with Crippen LogP contribution in [0.5, 0.6) is 11.5 Å². The number of ether oxygens (including phenoxy) is 1. The first kappa shape index (κ1) is 32.3. The van der Waals surface area contributed by atoms with Crippen molar-refractivity contribution in [1.29, 1.82) is 0 Å². The van der Waals surface area contributed by atoms with Crippen LogP contribution < -0.4 is 4.74 Å². The molecular weight excluding hydrogens is 677 g/mol. The highest BCUT2D eigenvalue weighted by atomic mass is 32.2. The van der Waals surface area contributed by atoms with Gasteiger partial charge in [0.05, 0.1) is 0 Å². The van der Waals surface area contributed by atoms with Crippen LogP contribution >= 0.6 is 0 Å². The van der Waals surface area contributed by atoms with E-state index in [-0.39, 0.29) is 11.8 Å². The van der Waals surface area contributed by atoms with Crippen molar-refractivity contribution in [3.63, 3.8) is 0 Å². The van der Waals surface area contributed by atoms with Crippen molar-refractivity contribution in [2.24, 2.45) is 71.0 Å². The molecule has 11 rings (SSSR count). The first-order valence-corrected chi connectivity index (χ1v) is 21.7. The van der Waals surface area contributed by atoms with Crippen LogP contribution in [0.2, 0.25) is 0 Å². The minimum atomic E-state index is -5.58. The summed E-state index contributed by atoms with van der Waals surface area (Å²) in [6.45, 7) is 0. The lowest BCUT2D eigenvalue weighted by Crippen LogP contribution is -2.27. The Morgan fingerprint density at radius 3 is 1.33 bits per heavy atom. The molecule has 6 bridgehead atoms. The lowest BCUT2D eigenvalue weighted by molar-refractivity contribution is 0.221. The Labute approximate surface area is 298 Å². The fraction of sp³-hybridized carbons (Fsp3) is 0.714. The fourth-order valence-corrected chi connectivity index (χ4v) is 16.5. The molecule has 0 amide bonds. The van der Waals surface area contributed by atoms with E-state index in [1.165, 1.54) is 76.2 Å². The van der Waals surface area contributed by atoms with Crippen molar-refractivity contribution in [2.75, 3.05) is 0 Å². The van der Waals surface area contributed by atoms with Gasteiger partial charge in [-0.05, 0) is 183 Å². The number of rotatable bonds is 6. The standard InChI is InChI=1S/C42H48F4O4S/c43-36-38(45)42(51(47,48)49)39(46)37(44)41(36)50-40-34(32-14-19-12-30(32)26-8-2-5-23(19)26)16-21(28-10-18-11-29(28)25-7-1-4-22(18)25)17-35(40)33-15-20-13-31(33)27-9-3-6-24(20)27/h16-20,22-33H,1-15H2,(H,47,48,49). The summed E-state index contributed by atoms with van der Waals surface area (Å²) in [5.41, 5.74) is 3.24. The summed E-state index contributed by atoms with van der Waals surface area (Å²) in [5, 5.41) is 0. The van der Waals surface area contributed by atoms with Gasteiger partial charge in [-0.15, -0.1) is 0 Å². The Balaban J connectivity index is 1.10. The van der Waals surface area contributed by atoms with Crippen molar-refractivity contribution in [1.82, 2.24) is 0 Å². The zero-order chi connectivity index (χ0) is 34.7. The third-order valence-corrected chi connectivity index (χ3v) is 18.2. The molecule has 0 spiro atoms. The molecule has 0 heterocycles. The molecule has 9 aliphatic carbocycles. The molecule has 2 aromatic rings. The Hall–Kier alpha value is -2.13. The summed E-state index contributed by atoms with van der Waals surface area (Å²) in [7, 11) is -5.58. The SMILES string of the molecule is O=S(=O)(O)c1c(F)c(F)c(Oc2c(C3CC4CC3C3CCCC43)cc(C3CC4CC3C3CCCC43)cc2C2CC3CC2C2CCCC32)c(F)c1F. The predicted octanol–water partition coefficient (Wildman–Crippen LogP) is 10.9. The van der Waals surface area contributed by atoms with Crippen molar-refractivity contribution in [3.05, 3.63) is 52.1 Å². The zero-order valence-electron chi connectivity index (χ0n) is 29.0. The average Bonchev–Trinajstić information content (AvgIpc) is 3.94. The van der Waals surface area contributed by atoms with Crippen LogP contribution in [-0.2, 0) is 10.1 Å². The third kappa shape index (κ3) is 4.48. The van der Waals surface area contributed by atoms with E-state index >= 15 is 17.6 Å². The van der Waals surface area contributed by atoms with Crippen molar-refractivity contribution >= 4 is 10.1 Å². The molecule has 0 aliphatic heterocycles. The summed E-state index contributed by atoms with van der Waals surface area (Å²) < 4.78 is 102. The number of benzene rings is 2. The minimum Gasteiger partial charge on any atom is -0.450 e. The summed E-state index contributed by atoms with van der Waals surface area (Å²) in [5.74, 6) is -0.553.